The minimum Gasteiger partial charge on any atom is -0.307 e. The van der Waals surface area contributed by atoms with Gasteiger partial charge in [-0.2, -0.15) is 0 Å². The summed E-state index contributed by atoms with van der Waals surface area (Å²) in [4.78, 5) is 5.98. The average Bonchev–Trinajstić information content (AvgIpc) is 2.38. The highest BCUT2D eigenvalue weighted by molar-refractivity contribution is 9.10. The molecule has 0 spiro atoms. The Morgan fingerprint density at radius 1 is 1.50 bits per heavy atom. The van der Waals surface area contributed by atoms with E-state index < -0.39 is 10.0 Å². The summed E-state index contributed by atoms with van der Waals surface area (Å²) in [5.41, 5.74) is 2.28. The number of anilines is 1. The second kappa shape index (κ2) is 7.32. The molecule has 0 radical (unpaired) electrons. The first kappa shape index (κ1) is 17.3. The lowest BCUT2D eigenvalue weighted by Crippen LogP contribution is -2.36. The first-order valence-electron chi connectivity index (χ1n) is 6.10. The molecule has 1 aromatic heterocycles. The van der Waals surface area contributed by atoms with Crippen molar-refractivity contribution in [3.63, 3.8) is 0 Å². The fourth-order valence-corrected chi connectivity index (χ4v) is 3.07. The van der Waals surface area contributed by atoms with Crippen LogP contribution < -0.4 is 16.0 Å². The maximum atomic E-state index is 12.2. The molecule has 0 saturated carbocycles. The Hall–Kier alpha value is -0.740. The maximum Gasteiger partial charge on any atom is 0.244 e. The SMILES string of the molecule is CC(C)N(C)CCNS(=O)(=O)c1cc(Br)cnc1NN. The zero-order valence-electron chi connectivity index (χ0n) is 11.7. The molecular formula is C11H20BrN5O2S. The van der Waals surface area contributed by atoms with Gasteiger partial charge in [0.2, 0.25) is 10.0 Å². The second-order valence-electron chi connectivity index (χ2n) is 4.62. The van der Waals surface area contributed by atoms with Gasteiger partial charge in [0.05, 0.1) is 0 Å². The molecule has 4 N–H and O–H groups in total. The van der Waals surface area contributed by atoms with Crippen LogP contribution in [0.25, 0.3) is 0 Å². The van der Waals surface area contributed by atoms with Gasteiger partial charge in [-0.15, -0.1) is 0 Å². The number of hydrogen-bond acceptors (Lipinski definition) is 6. The monoisotopic (exact) mass is 365 g/mol. The van der Waals surface area contributed by atoms with Crippen molar-refractivity contribution in [2.24, 2.45) is 5.84 Å². The number of likely N-dealkylation sites (N-methyl/N-ethyl adjacent to an activating group) is 1. The third-order valence-corrected chi connectivity index (χ3v) is 4.79. The number of sulfonamides is 1. The summed E-state index contributed by atoms with van der Waals surface area (Å²) < 4.78 is 27.6. The Bertz CT molecular complexity index is 550. The van der Waals surface area contributed by atoms with Crippen LogP contribution in [0.1, 0.15) is 13.8 Å². The predicted octanol–water partition coefficient (Wildman–Crippen LogP) is 0.748. The molecule has 0 atom stereocenters. The average molecular weight is 366 g/mol. The molecule has 0 fully saturated rings. The van der Waals surface area contributed by atoms with Crippen LogP contribution in [-0.2, 0) is 10.0 Å². The molecule has 0 bridgehead atoms. The van der Waals surface area contributed by atoms with E-state index >= 15 is 0 Å². The fourth-order valence-electron chi connectivity index (χ4n) is 1.43. The second-order valence-corrected chi connectivity index (χ2v) is 7.27. The molecule has 9 heteroatoms. The fraction of sp³-hybridized carbons (Fsp3) is 0.545. The maximum absolute atomic E-state index is 12.2. The molecule has 0 saturated heterocycles. The highest BCUT2D eigenvalue weighted by Crippen LogP contribution is 2.21. The molecule has 7 nitrogen and oxygen atoms in total. The quantitative estimate of drug-likeness (QED) is 0.486. The van der Waals surface area contributed by atoms with Crippen LogP contribution in [-0.4, -0.2) is 44.5 Å². The van der Waals surface area contributed by atoms with Gasteiger partial charge in [-0.3, -0.25) is 0 Å². The van der Waals surface area contributed by atoms with E-state index in [2.05, 4.69) is 31.1 Å². The number of aromatic nitrogens is 1. The number of nitrogens with one attached hydrogen (secondary N) is 2. The van der Waals surface area contributed by atoms with Crippen LogP contribution >= 0.6 is 15.9 Å². The van der Waals surface area contributed by atoms with E-state index in [4.69, 9.17) is 5.84 Å². The minimum atomic E-state index is -3.66. The van der Waals surface area contributed by atoms with E-state index in [9.17, 15) is 8.42 Å². The largest absolute Gasteiger partial charge is 0.307 e. The topological polar surface area (TPSA) is 100 Å². The van der Waals surface area contributed by atoms with Gasteiger partial charge < -0.3 is 10.3 Å². The summed E-state index contributed by atoms with van der Waals surface area (Å²) in [6.45, 7) is 5.02. The molecule has 1 heterocycles. The third kappa shape index (κ3) is 4.67. The van der Waals surface area contributed by atoms with Crippen LogP contribution in [0.3, 0.4) is 0 Å². The number of nitrogen functional groups attached to an aromatic ring is 1. The third-order valence-electron chi connectivity index (χ3n) is 2.88. The van der Waals surface area contributed by atoms with Gasteiger partial charge in [0, 0.05) is 29.8 Å². The van der Waals surface area contributed by atoms with Gasteiger partial charge in [0.15, 0.2) is 5.82 Å². The molecule has 0 aromatic carbocycles. The van der Waals surface area contributed by atoms with Crippen LogP contribution in [0.4, 0.5) is 5.82 Å². The summed E-state index contributed by atoms with van der Waals surface area (Å²) in [5, 5.41) is 0. The van der Waals surface area contributed by atoms with Gasteiger partial charge in [-0.1, -0.05) is 0 Å². The lowest BCUT2D eigenvalue weighted by molar-refractivity contribution is 0.278. The van der Waals surface area contributed by atoms with Gasteiger partial charge in [-0.25, -0.2) is 24.0 Å². The first-order valence-corrected chi connectivity index (χ1v) is 8.37. The van der Waals surface area contributed by atoms with Gasteiger partial charge >= 0.3 is 0 Å². The first-order chi connectivity index (χ1) is 9.27. The Morgan fingerprint density at radius 2 is 2.15 bits per heavy atom. The van der Waals surface area contributed by atoms with Crippen molar-refractivity contribution in [1.82, 2.24) is 14.6 Å². The van der Waals surface area contributed by atoms with Crippen molar-refractivity contribution < 1.29 is 8.42 Å². The van der Waals surface area contributed by atoms with E-state index in [-0.39, 0.29) is 10.7 Å². The summed E-state index contributed by atoms with van der Waals surface area (Å²) in [7, 11) is -1.72. The molecule has 114 valence electrons. The van der Waals surface area contributed by atoms with Crippen molar-refractivity contribution in [3.8, 4) is 0 Å². The molecule has 0 aliphatic carbocycles. The Labute approximate surface area is 128 Å². The minimum absolute atomic E-state index is 0.0153. The molecule has 1 aromatic rings. The Morgan fingerprint density at radius 3 is 2.70 bits per heavy atom. The number of pyridine rings is 1. The molecule has 20 heavy (non-hydrogen) atoms. The van der Waals surface area contributed by atoms with Gasteiger partial charge in [0.1, 0.15) is 4.90 Å². The lowest BCUT2D eigenvalue weighted by Gasteiger charge is -2.21. The smallest absolute Gasteiger partial charge is 0.244 e. The zero-order chi connectivity index (χ0) is 15.3. The number of hydrazine groups is 1. The number of hydrogen-bond donors (Lipinski definition) is 3. The standard InChI is InChI=1S/C11H20BrN5O2S/c1-8(2)17(3)5-4-15-20(18,19)10-6-9(12)7-14-11(10)16-13/h6-8,15H,4-5,13H2,1-3H3,(H,14,16). The highest BCUT2D eigenvalue weighted by atomic mass is 79.9. The van der Waals surface area contributed by atoms with Crippen molar-refractivity contribution in [2.75, 3.05) is 25.6 Å². The van der Waals surface area contributed by atoms with Gasteiger partial charge in [0.25, 0.3) is 0 Å². The summed E-state index contributed by atoms with van der Waals surface area (Å²) in [6, 6.07) is 1.81. The van der Waals surface area contributed by atoms with E-state index in [1.54, 1.807) is 0 Å². The molecule has 0 amide bonds. The van der Waals surface area contributed by atoms with Crippen molar-refractivity contribution in [2.45, 2.75) is 24.8 Å². The van der Waals surface area contributed by atoms with E-state index in [1.165, 1.54) is 12.3 Å². The Balaban J connectivity index is 2.81. The molecule has 1 rings (SSSR count). The number of halogens is 1. The highest BCUT2D eigenvalue weighted by Gasteiger charge is 2.19. The predicted molar refractivity (Wildman–Crippen MR) is 82.7 cm³/mol. The van der Waals surface area contributed by atoms with Crippen LogP contribution in [0.5, 0.6) is 0 Å². The van der Waals surface area contributed by atoms with Crippen LogP contribution in [0, 0.1) is 0 Å². The van der Waals surface area contributed by atoms with Crippen molar-refractivity contribution in [1.29, 1.82) is 0 Å². The van der Waals surface area contributed by atoms with E-state index in [1.807, 2.05) is 25.8 Å². The molecule has 0 aliphatic heterocycles. The summed E-state index contributed by atoms with van der Waals surface area (Å²) >= 11 is 3.20. The normalized spacial score (nSPS) is 12.2. The van der Waals surface area contributed by atoms with E-state index in [0.29, 0.717) is 23.6 Å². The summed E-state index contributed by atoms with van der Waals surface area (Å²) in [6.07, 6.45) is 1.47. The molecule has 0 aliphatic rings. The van der Waals surface area contributed by atoms with E-state index in [0.717, 1.165) is 0 Å². The Kier molecular flexibility index (Phi) is 6.34. The van der Waals surface area contributed by atoms with Crippen molar-refractivity contribution in [3.05, 3.63) is 16.7 Å². The summed E-state index contributed by atoms with van der Waals surface area (Å²) in [5.74, 6) is 5.39. The molecular weight excluding hydrogens is 346 g/mol. The number of rotatable bonds is 7. The van der Waals surface area contributed by atoms with Crippen LogP contribution in [0.15, 0.2) is 21.6 Å². The van der Waals surface area contributed by atoms with Crippen molar-refractivity contribution >= 4 is 31.8 Å². The number of nitrogens with two attached hydrogens (primary N) is 1. The van der Waals surface area contributed by atoms with Crippen LogP contribution in [0.2, 0.25) is 0 Å². The van der Waals surface area contributed by atoms with Gasteiger partial charge in [-0.05, 0) is 42.9 Å². The zero-order valence-corrected chi connectivity index (χ0v) is 14.1. The molecule has 0 unspecified atom stereocenters. The lowest BCUT2D eigenvalue weighted by atomic mass is 10.3. The number of nitrogens with zero attached hydrogens (tertiary/aromatic N) is 2.